The Kier molecular flexibility index (Phi) is 5.69. The SMILES string of the molecule is O=C(CCn1c(=O)oc2cc(Cl)ccc21)OCc1cc(Cl)c2c(c1)OCCCO2. The molecule has 0 saturated carbocycles. The number of nitrogens with zero attached hydrogens (tertiary/aromatic N) is 1. The van der Waals surface area contributed by atoms with E-state index in [9.17, 15) is 9.59 Å². The standard InChI is InChI=1S/C20H17Cl2NO6/c21-13-2-3-15-16(10-13)29-20(25)23(15)5-4-18(24)28-11-12-8-14(22)19-17(9-12)26-6-1-7-27-19/h2-3,8-10H,1,4-7,11H2. The molecule has 2 heterocycles. The van der Waals surface area contributed by atoms with Crippen LogP contribution in [0.5, 0.6) is 11.5 Å². The van der Waals surface area contributed by atoms with Gasteiger partial charge in [0.1, 0.15) is 6.61 Å². The Hall–Kier alpha value is -2.64. The minimum atomic E-state index is -0.551. The Morgan fingerprint density at radius 2 is 1.97 bits per heavy atom. The Labute approximate surface area is 175 Å². The minimum Gasteiger partial charge on any atom is -0.489 e. The van der Waals surface area contributed by atoms with Gasteiger partial charge in [-0.2, -0.15) is 0 Å². The molecule has 7 nitrogen and oxygen atoms in total. The number of fused-ring (bicyclic) bond motifs is 2. The van der Waals surface area contributed by atoms with Crippen molar-refractivity contribution < 1.29 is 23.4 Å². The van der Waals surface area contributed by atoms with Crippen LogP contribution in [0.3, 0.4) is 0 Å². The van der Waals surface area contributed by atoms with Crippen molar-refractivity contribution in [2.75, 3.05) is 13.2 Å². The van der Waals surface area contributed by atoms with Gasteiger partial charge in [0.05, 0.1) is 30.2 Å². The number of benzene rings is 2. The van der Waals surface area contributed by atoms with Crippen LogP contribution in [0.2, 0.25) is 10.0 Å². The molecule has 1 aliphatic rings. The Morgan fingerprint density at radius 3 is 2.83 bits per heavy atom. The van der Waals surface area contributed by atoms with Crippen molar-refractivity contribution in [3.63, 3.8) is 0 Å². The van der Waals surface area contributed by atoms with E-state index in [2.05, 4.69) is 0 Å². The quantitative estimate of drug-likeness (QED) is 0.556. The first-order chi connectivity index (χ1) is 14.0. The zero-order valence-corrected chi connectivity index (χ0v) is 16.8. The fraction of sp³-hybridized carbons (Fsp3) is 0.300. The second kappa shape index (κ2) is 8.39. The topological polar surface area (TPSA) is 79.9 Å². The average Bonchev–Trinajstić information content (AvgIpc) is 2.84. The van der Waals surface area contributed by atoms with Crippen LogP contribution in [0.1, 0.15) is 18.4 Å². The van der Waals surface area contributed by atoms with Gasteiger partial charge in [-0.15, -0.1) is 0 Å². The van der Waals surface area contributed by atoms with Crippen molar-refractivity contribution in [2.45, 2.75) is 26.0 Å². The smallest absolute Gasteiger partial charge is 0.419 e. The van der Waals surface area contributed by atoms with Crippen molar-refractivity contribution >= 4 is 40.3 Å². The van der Waals surface area contributed by atoms with Gasteiger partial charge in [-0.3, -0.25) is 9.36 Å². The maximum atomic E-state index is 12.2. The van der Waals surface area contributed by atoms with Gasteiger partial charge in [0.15, 0.2) is 17.1 Å². The number of oxazole rings is 1. The molecular weight excluding hydrogens is 421 g/mol. The summed E-state index contributed by atoms with van der Waals surface area (Å²) in [5.41, 5.74) is 1.63. The van der Waals surface area contributed by atoms with Gasteiger partial charge in [-0.05, 0) is 29.8 Å². The highest BCUT2D eigenvalue weighted by molar-refractivity contribution is 6.32. The molecule has 9 heteroatoms. The fourth-order valence-electron chi connectivity index (χ4n) is 3.06. The predicted molar refractivity (Wildman–Crippen MR) is 107 cm³/mol. The number of aromatic nitrogens is 1. The van der Waals surface area contributed by atoms with E-state index in [0.29, 0.717) is 51.4 Å². The van der Waals surface area contributed by atoms with Gasteiger partial charge in [0.2, 0.25) is 0 Å². The molecule has 1 aliphatic heterocycles. The van der Waals surface area contributed by atoms with Gasteiger partial charge in [-0.25, -0.2) is 4.79 Å². The lowest BCUT2D eigenvalue weighted by Gasteiger charge is -2.12. The molecule has 0 amide bonds. The monoisotopic (exact) mass is 437 g/mol. The second-order valence-electron chi connectivity index (χ2n) is 6.50. The summed E-state index contributed by atoms with van der Waals surface area (Å²) < 4.78 is 23.0. The zero-order chi connectivity index (χ0) is 20.4. The third-order valence-corrected chi connectivity index (χ3v) is 4.95. The van der Waals surface area contributed by atoms with Gasteiger partial charge >= 0.3 is 11.7 Å². The molecule has 3 aromatic rings. The maximum absolute atomic E-state index is 12.2. The summed E-state index contributed by atoms with van der Waals surface area (Å²) >= 11 is 12.1. The van der Waals surface area contributed by atoms with Crippen molar-refractivity contribution in [1.82, 2.24) is 4.57 Å². The Morgan fingerprint density at radius 1 is 1.14 bits per heavy atom. The highest BCUT2D eigenvalue weighted by atomic mass is 35.5. The van der Waals surface area contributed by atoms with Crippen molar-refractivity contribution in [2.24, 2.45) is 0 Å². The van der Waals surface area contributed by atoms with Gasteiger partial charge < -0.3 is 18.6 Å². The van der Waals surface area contributed by atoms with E-state index >= 15 is 0 Å². The Bertz CT molecular complexity index is 1120. The minimum absolute atomic E-state index is 0.00938. The molecule has 29 heavy (non-hydrogen) atoms. The molecule has 0 bridgehead atoms. The summed E-state index contributed by atoms with van der Waals surface area (Å²) in [6.45, 7) is 1.24. The molecule has 0 radical (unpaired) electrons. The molecule has 0 spiro atoms. The molecule has 0 saturated heterocycles. The van der Waals surface area contributed by atoms with Crippen LogP contribution in [-0.2, 0) is 22.7 Å². The molecular formula is C20H17Cl2NO6. The third kappa shape index (κ3) is 4.36. The molecule has 0 atom stereocenters. The highest BCUT2D eigenvalue weighted by Crippen LogP contribution is 2.38. The first kappa shape index (κ1) is 19.7. The summed E-state index contributed by atoms with van der Waals surface area (Å²) in [7, 11) is 0. The van der Waals surface area contributed by atoms with E-state index in [0.717, 1.165) is 6.42 Å². The molecule has 0 fully saturated rings. The number of rotatable bonds is 5. The fourth-order valence-corrected chi connectivity index (χ4v) is 3.51. The summed E-state index contributed by atoms with van der Waals surface area (Å²) in [6, 6.07) is 8.31. The summed E-state index contributed by atoms with van der Waals surface area (Å²) in [5, 5.41) is 0.872. The van der Waals surface area contributed by atoms with Gasteiger partial charge in [0.25, 0.3) is 0 Å². The number of hydrogen-bond acceptors (Lipinski definition) is 6. The van der Waals surface area contributed by atoms with Crippen LogP contribution in [0, 0.1) is 0 Å². The van der Waals surface area contributed by atoms with E-state index < -0.39 is 11.7 Å². The first-order valence-corrected chi connectivity index (χ1v) is 9.79. The van der Waals surface area contributed by atoms with E-state index in [4.69, 9.17) is 41.8 Å². The van der Waals surface area contributed by atoms with E-state index in [-0.39, 0.29) is 19.6 Å². The molecule has 2 aromatic carbocycles. The molecule has 1 aromatic heterocycles. The van der Waals surface area contributed by atoms with Crippen LogP contribution in [0.4, 0.5) is 0 Å². The molecule has 4 rings (SSSR count). The van der Waals surface area contributed by atoms with Crippen LogP contribution < -0.4 is 15.2 Å². The molecule has 0 unspecified atom stereocenters. The van der Waals surface area contributed by atoms with Crippen molar-refractivity contribution in [3.05, 3.63) is 56.5 Å². The van der Waals surface area contributed by atoms with Crippen LogP contribution >= 0.6 is 23.2 Å². The number of ether oxygens (including phenoxy) is 3. The van der Waals surface area contributed by atoms with E-state index in [1.165, 1.54) is 4.57 Å². The largest absolute Gasteiger partial charge is 0.489 e. The van der Waals surface area contributed by atoms with Crippen molar-refractivity contribution in [3.8, 4) is 11.5 Å². The molecule has 0 N–H and O–H groups in total. The number of halogens is 2. The van der Waals surface area contributed by atoms with E-state index in [1.807, 2.05) is 0 Å². The normalized spacial score (nSPS) is 13.3. The van der Waals surface area contributed by atoms with Crippen LogP contribution in [-0.4, -0.2) is 23.8 Å². The number of aryl methyl sites for hydroxylation is 1. The summed E-state index contributed by atoms with van der Waals surface area (Å²) in [5.74, 6) is 0.0369. The lowest BCUT2D eigenvalue weighted by Crippen LogP contribution is -2.17. The number of carbonyl (C=O) groups excluding carboxylic acids is 1. The highest BCUT2D eigenvalue weighted by Gasteiger charge is 2.17. The van der Waals surface area contributed by atoms with Crippen LogP contribution in [0.25, 0.3) is 11.1 Å². The van der Waals surface area contributed by atoms with Crippen molar-refractivity contribution in [1.29, 1.82) is 0 Å². The van der Waals surface area contributed by atoms with E-state index in [1.54, 1.807) is 30.3 Å². The second-order valence-corrected chi connectivity index (χ2v) is 7.34. The number of esters is 1. The lowest BCUT2D eigenvalue weighted by molar-refractivity contribution is -0.145. The van der Waals surface area contributed by atoms with Crippen LogP contribution in [0.15, 0.2) is 39.5 Å². The zero-order valence-electron chi connectivity index (χ0n) is 15.3. The average molecular weight is 438 g/mol. The molecule has 0 aliphatic carbocycles. The third-order valence-electron chi connectivity index (χ3n) is 4.43. The summed E-state index contributed by atoms with van der Waals surface area (Å²) in [6.07, 6.45) is 0.777. The van der Waals surface area contributed by atoms with Gasteiger partial charge in [0, 0.05) is 24.1 Å². The maximum Gasteiger partial charge on any atom is 0.419 e. The number of carbonyl (C=O) groups is 1. The molecule has 152 valence electrons. The summed E-state index contributed by atoms with van der Waals surface area (Å²) in [4.78, 5) is 24.2. The predicted octanol–water partition coefficient (Wildman–Crippen LogP) is 4.20. The first-order valence-electron chi connectivity index (χ1n) is 9.04. The van der Waals surface area contributed by atoms with Gasteiger partial charge in [-0.1, -0.05) is 23.2 Å². The Balaban J connectivity index is 1.39. The number of hydrogen-bond donors (Lipinski definition) is 0. The lowest BCUT2D eigenvalue weighted by atomic mass is 10.2.